The number of rotatable bonds is 2. The number of esters is 1. The maximum absolute atomic E-state index is 11.0. The molecule has 2 aromatic carbocycles. The Morgan fingerprint density at radius 3 is 2.05 bits per heavy atom. The van der Waals surface area contributed by atoms with Gasteiger partial charge >= 0.3 is 5.97 Å². The summed E-state index contributed by atoms with van der Waals surface area (Å²) in [6.07, 6.45) is 3.96. The van der Waals surface area contributed by atoms with Crippen LogP contribution in [0.2, 0.25) is 0 Å². The molecule has 0 aromatic heterocycles. The molecule has 0 aliphatic heterocycles. The van der Waals surface area contributed by atoms with Gasteiger partial charge in [-0.2, -0.15) is 0 Å². The van der Waals surface area contributed by atoms with Gasteiger partial charge in [0.25, 0.3) is 0 Å². The first-order valence-corrected chi connectivity index (χ1v) is 7.10. The molecule has 0 unspecified atom stereocenters. The van der Waals surface area contributed by atoms with E-state index in [1.54, 1.807) is 30.2 Å². The van der Waals surface area contributed by atoms with Gasteiger partial charge in [-0.3, -0.25) is 0 Å². The van der Waals surface area contributed by atoms with Crippen LogP contribution >= 0.6 is 0 Å². The summed E-state index contributed by atoms with van der Waals surface area (Å²) in [7, 11) is 0. The van der Waals surface area contributed by atoms with Crippen LogP contribution in [0.1, 0.15) is 34.8 Å². The lowest BCUT2D eigenvalue weighted by molar-refractivity contribution is 0.0526. The molecule has 1 aliphatic carbocycles. The van der Waals surface area contributed by atoms with Gasteiger partial charge in [-0.15, -0.1) is 0 Å². The highest BCUT2D eigenvalue weighted by Gasteiger charge is 2.07. The second kappa shape index (κ2) is 7.49. The highest BCUT2D eigenvalue weighted by atomic mass is 16.5. The number of hydrogen-bond acceptors (Lipinski definition) is 2. The fourth-order valence-corrected chi connectivity index (χ4v) is 2.30. The van der Waals surface area contributed by atoms with E-state index in [9.17, 15) is 4.79 Å². The minimum Gasteiger partial charge on any atom is -0.462 e. The van der Waals surface area contributed by atoms with Crippen LogP contribution in [0.5, 0.6) is 0 Å². The summed E-state index contributed by atoms with van der Waals surface area (Å²) in [5, 5.41) is 0. The van der Waals surface area contributed by atoms with Gasteiger partial charge in [0, 0.05) is 0 Å². The summed E-state index contributed by atoms with van der Waals surface area (Å²) in [5.74, 6) is -0.256. The van der Waals surface area contributed by atoms with Crippen molar-refractivity contribution in [3.8, 4) is 0 Å². The van der Waals surface area contributed by atoms with Crippen LogP contribution in [0.15, 0.2) is 54.6 Å². The molecule has 1 aliphatic rings. The van der Waals surface area contributed by atoms with E-state index < -0.39 is 0 Å². The number of carbonyl (C=O) groups excluding carboxylic acids is 1. The van der Waals surface area contributed by atoms with Gasteiger partial charge < -0.3 is 4.74 Å². The molecule has 3 rings (SSSR count). The first-order chi connectivity index (χ1) is 9.81. The first-order valence-electron chi connectivity index (χ1n) is 7.10. The van der Waals surface area contributed by atoms with Crippen molar-refractivity contribution < 1.29 is 9.53 Å². The Bertz CT molecular complexity index is 523. The van der Waals surface area contributed by atoms with Crippen molar-refractivity contribution in [2.24, 2.45) is 0 Å². The smallest absolute Gasteiger partial charge is 0.338 e. The second-order valence-electron chi connectivity index (χ2n) is 4.71. The summed E-state index contributed by atoms with van der Waals surface area (Å²) in [5.41, 5.74) is 3.74. The molecule has 104 valence electrons. The number of fused-ring (bicyclic) bond motifs is 1. The van der Waals surface area contributed by atoms with Crippen LogP contribution in [0, 0.1) is 0 Å². The van der Waals surface area contributed by atoms with Crippen LogP contribution in [-0.4, -0.2) is 12.6 Å². The number of aryl methyl sites for hydroxylation is 2. The first kappa shape index (κ1) is 14.3. The lowest BCUT2D eigenvalue weighted by Gasteiger charge is -1.99. The number of benzene rings is 2. The average molecular weight is 268 g/mol. The third-order valence-corrected chi connectivity index (χ3v) is 3.30. The van der Waals surface area contributed by atoms with Gasteiger partial charge in [0.15, 0.2) is 0 Å². The van der Waals surface area contributed by atoms with Gasteiger partial charge in [0.2, 0.25) is 0 Å². The van der Waals surface area contributed by atoms with Crippen molar-refractivity contribution in [2.45, 2.75) is 26.2 Å². The van der Waals surface area contributed by atoms with E-state index in [4.69, 9.17) is 4.74 Å². The zero-order valence-electron chi connectivity index (χ0n) is 11.8. The molecule has 0 N–H and O–H groups in total. The fourth-order valence-electron chi connectivity index (χ4n) is 2.30. The molecule has 2 nitrogen and oxygen atoms in total. The largest absolute Gasteiger partial charge is 0.462 e. The molecule has 0 saturated carbocycles. The molecule has 0 spiro atoms. The Hall–Kier alpha value is -2.09. The van der Waals surface area contributed by atoms with E-state index in [-0.39, 0.29) is 5.97 Å². The molecule has 0 amide bonds. The van der Waals surface area contributed by atoms with E-state index >= 15 is 0 Å². The second-order valence-corrected chi connectivity index (χ2v) is 4.71. The topological polar surface area (TPSA) is 26.3 Å². The average Bonchev–Trinajstić information content (AvgIpc) is 2.97. The molecule has 0 atom stereocenters. The predicted octanol–water partition coefficient (Wildman–Crippen LogP) is 4.04. The lowest BCUT2D eigenvalue weighted by Crippen LogP contribution is -2.03. The molecule has 2 aromatic rings. The number of hydrogen-bond donors (Lipinski definition) is 0. The van der Waals surface area contributed by atoms with Crippen molar-refractivity contribution in [1.82, 2.24) is 0 Å². The van der Waals surface area contributed by atoms with Crippen molar-refractivity contribution >= 4 is 5.97 Å². The number of ether oxygens (including phenoxy) is 1. The van der Waals surface area contributed by atoms with Crippen LogP contribution in [-0.2, 0) is 17.6 Å². The Morgan fingerprint density at radius 2 is 1.50 bits per heavy atom. The highest BCUT2D eigenvalue weighted by molar-refractivity contribution is 5.89. The van der Waals surface area contributed by atoms with Crippen molar-refractivity contribution in [3.63, 3.8) is 0 Å². The summed E-state index contributed by atoms with van der Waals surface area (Å²) >= 11 is 0. The highest BCUT2D eigenvalue weighted by Crippen LogP contribution is 2.20. The zero-order chi connectivity index (χ0) is 14.2. The van der Waals surface area contributed by atoms with E-state index in [2.05, 4.69) is 24.3 Å². The van der Waals surface area contributed by atoms with Crippen LogP contribution < -0.4 is 0 Å². The van der Waals surface area contributed by atoms with E-state index in [0.29, 0.717) is 12.2 Å². The minimum atomic E-state index is -0.256. The SMILES string of the molecule is CCOC(=O)c1ccccc1.c1ccc2c(c1)CCC2. The summed E-state index contributed by atoms with van der Waals surface area (Å²) in [6, 6.07) is 17.7. The maximum Gasteiger partial charge on any atom is 0.338 e. The van der Waals surface area contributed by atoms with Crippen molar-refractivity contribution in [3.05, 3.63) is 71.3 Å². The van der Waals surface area contributed by atoms with Gasteiger partial charge in [-0.1, -0.05) is 42.5 Å². The molecule has 0 saturated heterocycles. The molecule has 20 heavy (non-hydrogen) atoms. The summed E-state index contributed by atoms with van der Waals surface area (Å²) in [4.78, 5) is 11.0. The molecule has 2 heteroatoms. The van der Waals surface area contributed by atoms with Gasteiger partial charge in [-0.25, -0.2) is 4.79 Å². The Balaban J connectivity index is 0.000000149. The minimum absolute atomic E-state index is 0.256. The maximum atomic E-state index is 11.0. The summed E-state index contributed by atoms with van der Waals surface area (Å²) in [6.45, 7) is 2.22. The van der Waals surface area contributed by atoms with Crippen LogP contribution in [0.25, 0.3) is 0 Å². The van der Waals surface area contributed by atoms with Crippen molar-refractivity contribution in [1.29, 1.82) is 0 Å². The Labute approximate surface area is 120 Å². The third-order valence-electron chi connectivity index (χ3n) is 3.30. The molecule has 0 radical (unpaired) electrons. The van der Waals surface area contributed by atoms with E-state index in [1.807, 2.05) is 18.2 Å². The van der Waals surface area contributed by atoms with Gasteiger partial charge in [0.05, 0.1) is 12.2 Å². The Morgan fingerprint density at radius 1 is 0.950 bits per heavy atom. The van der Waals surface area contributed by atoms with Crippen LogP contribution in [0.3, 0.4) is 0 Å². The lowest BCUT2D eigenvalue weighted by atomic mass is 10.1. The third kappa shape index (κ3) is 3.95. The molecular formula is C18H20O2. The number of carbonyl (C=O) groups is 1. The molecular weight excluding hydrogens is 248 g/mol. The van der Waals surface area contributed by atoms with Crippen molar-refractivity contribution in [2.75, 3.05) is 6.61 Å². The Kier molecular flexibility index (Phi) is 5.36. The fraction of sp³-hybridized carbons (Fsp3) is 0.278. The van der Waals surface area contributed by atoms with Crippen LogP contribution in [0.4, 0.5) is 0 Å². The van der Waals surface area contributed by atoms with E-state index in [0.717, 1.165) is 0 Å². The molecule has 0 bridgehead atoms. The predicted molar refractivity (Wildman–Crippen MR) is 80.9 cm³/mol. The quantitative estimate of drug-likeness (QED) is 0.768. The van der Waals surface area contributed by atoms with E-state index in [1.165, 1.54) is 19.3 Å². The van der Waals surface area contributed by atoms with Gasteiger partial charge in [0.1, 0.15) is 0 Å². The molecule has 0 heterocycles. The normalized spacial score (nSPS) is 12.1. The zero-order valence-corrected chi connectivity index (χ0v) is 11.8. The van der Waals surface area contributed by atoms with Gasteiger partial charge in [-0.05, 0) is 49.4 Å². The standard InChI is InChI=1S/C9H10O2.C9H10/c1-2-11-9(10)8-6-4-3-5-7-8;1-2-5-9-7-3-6-8(9)4-1/h3-7H,2H2,1H3;1-2,4-5H,3,6-7H2. The monoisotopic (exact) mass is 268 g/mol. The summed E-state index contributed by atoms with van der Waals surface area (Å²) < 4.78 is 4.79. The molecule has 0 fully saturated rings.